The standard InChI is InChI=1S/C8H13N7/c1-5(10)14-15-7(11)8-12-3-6(2-9)4-13-8/h3-4H,2,9H2,1H3,(H2,10,14)(H2,11,15). The van der Waals surface area contributed by atoms with E-state index in [1.165, 1.54) is 0 Å². The van der Waals surface area contributed by atoms with E-state index in [1.807, 2.05) is 0 Å². The Morgan fingerprint density at radius 3 is 2.33 bits per heavy atom. The molecule has 1 aromatic heterocycles. The molecular formula is C8H13N7. The molecule has 0 aromatic carbocycles. The van der Waals surface area contributed by atoms with Crippen LogP contribution in [-0.2, 0) is 6.54 Å². The lowest BCUT2D eigenvalue weighted by molar-refractivity contribution is 0.993. The lowest BCUT2D eigenvalue weighted by atomic mass is 10.3. The Kier molecular flexibility index (Phi) is 3.69. The molecule has 7 nitrogen and oxygen atoms in total. The van der Waals surface area contributed by atoms with Crippen LogP contribution in [0.1, 0.15) is 18.3 Å². The maximum Gasteiger partial charge on any atom is 0.197 e. The van der Waals surface area contributed by atoms with E-state index in [-0.39, 0.29) is 5.84 Å². The lowest BCUT2D eigenvalue weighted by Gasteiger charge is -1.98. The average Bonchev–Trinajstić information content (AvgIpc) is 2.26. The molecule has 0 bridgehead atoms. The summed E-state index contributed by atoms with van der Waals surface area (Å²) in [7, 11) is 0. The van der Waals surface area contributed by atoms with Gasteiger partial charge < -0.3 is 17.2 Å². The smallest absolute Gasteiger partial charge is 0.197 e. The van der Waals surface area contributed by atoms with Crippen LogP contribution >= 0.6 is 0 Å². The van der Waals surface area contributed by atoms with Crippen LogP contribution in [0.4, 0.5) is 0 Å². The first-order valence-corrected chi connectivity index (χ1v) is 4.28. The summed E-state index contributed by atoms with van der Waals surface area (Å²) in [6.07, 6.45) is 3.17. The van der Waals surface area contributed by atoms with Crippen molar-refractivity contribution in [1.82, 2.24) is 9.97 Å². The summed E-state index contributed by atoms with van der Waals surface area (Å²) in [6.45, 7) is 1.99. The first-order valence-electron chi connectivity index (χ1n) is 4.28. The number of amidine groups is 2. The fraction of sp³-hybridized carbons (Fsp3) is 0.250. The molecular weight excluding hydrogens is 194 g/mol. The number of nitrogens with two attached hydrogens (primary N) is 3. The maximum absolute atomic E-state index is 5.57. The van der Waals surface area contributed by atoms with Gasteiger partial charge in [0.25, 0.3) is 0 Å². The molecule has 0 saturated heterocycles. The molecule has 1 rings (SSSR count). The summed E-state index contributed by atoms with van der Waals surface area (Å²) in [4.78, 5) is 7.94. The van der Waals surface area contributed by atoms with Crippen molar-refractivity contribution in [3.63, 3.8) is 0 Å². The number of aromatic nitrogens is 2. The van der Waals surface area contributed by atoms with Crippen LogP contribution in [0.25, 0.3) is 0 Å². The molecule has 6 N–H and O–H groups in total. The molecule has 0 unspecified atom stereocenters. The zero-order valence-corrected chi connectivity index (χ0v) is 8.38. The van der Waals surface area contributed by atoms with E-state index in [2.05, 4.69) is 20.2 Å². The Labute approximate surface area is 87.1 Å². The van der Waals surface area contributed by atoms with Crippen molar-refractivity contribution in [2.24, 2.45) is 27.4 Å². The van der Waals surface area contributed by atoms with Gasteiger partial charge in [-0.25, -0.2) is 9.97 Å². The molecule has 0 spiro atoms. The van der Waals surface area contributed by atoms with Crippen molar-refractivity contribution in [2.75, 3.05) is 0 Å². The van der Waals surface area contributed by atoms with E-state index >= 15 is 0 Å². The molecule has 0 amide bonds. The lowest BCUT2D eigenvalue weighted by Crippen LogP contribution is -2.17. The van der Waals surface area contributed by atoms with E-state index in [0.29, 0.717) is 18.2 Å². The quantitative estimate of drug-likeness (QED) is 0.330. The molecule has 0 saturated carbocycles. The van der Waals surface area contributed by atoms with E-state index in [1.54, 1.807) is 19.3 Å². The average molecular weight is 207 g/mol. The Hall–Kier alpha value is -2.02. The number of nitrogens with zero attached hydrogens (tertiary/aromatic N) is 4. The maximum atomic E-state index is 5.57. The van der Waals surface area contributed by atoms with Crippen LogP contribution in [0.3, 0.4) is 0 Å². The Morgan fingerprint density at radius 2 is 1.87 bits per heavy atom. The number of hydrogen-bond acceptors (Lipinski definition) is 5. The second kappa shape index (κ2) is 5.01. The summed E-state index contributed by atoms with van der Waals surface area (Å²) in [5, 5.41) is 7.25. The van der Waals surface area contributed by atoms with Crippen molar-refractivity contribution >= 4 is 11.7 Å². The van der Waals surface area contributed by atoms with E-state index in [9.17, 15) is 0 Å². The SMILES string of the molecule is C/C(N)=N/N=C(\N)c1ncc(CN)cn1. The molecule has 80 valence electrons. The highest BCUT2D eigenvalue weighted by molar-refractivity contribution is 5.94. The second-order valence-corrected chi connectivity index (χ2v) is 2.85. The van der Waals surface area contributed by atoms with Gasteiger partial charge in [0.15, 0.2) is 11.7 Å². The van der Waals surface area contributed by atoms with Gasteiger partial charge in [0, 0.05) is 24.5 Å². The highest BCUT2D eigenvalue weighted by Gasteiger charge is 2.01. The van der Waals surface area contributed by atoms with Crippen molar-refractivity contribution in [3.8, 4) is 0 Å². The molecule has 0 aliphatic rings. The molecule has 0 aliphatic heterocycles. The van der Waals surface area contributed by atoms with Gasteiger partial charge in [-0.2, -0.15) is 0 Å². The van der Waals surface area contributed by atoms with E-state index in [4.69, 9.17) is 17.2 Å². The van der Waals surface area contributed by atoms with Gasteiger partial charge in [-0.3, -0.25) is 0 Å². The normalized spacial score (nSPS) is 12.9. The topological polar surface area (TPSA) is 129 Å². The van der Waals surface area contributed by atoms with Gasteiger partial charge in [0.2, 0.25) is 0 Å². The third-order valence-corrected chi connectivity index (χ3v) is 1.49. The highest BCUT2D eigenvalue weighted by Crippen LogP contribution is 1.94. The van der Waals surface area contributed by atoms with Crippen LogP contribution in [0.5, 0.6) is 0 Å². The number of rotatable bonds is 3. The Morgan fingerprint density at radius 1 is 1.27 bits per heavy atom. The van der Waals surface area contributed by atoms with Crippen molar-refractivity contribution in [1.29, 1.82) is 0 Å². The van der Waals surface area contributed by atoms with Crippen molar-refractivity contribution in [3.05, 3.63) is 23.8 Å². The molecule has 1 aromatic rings. The predicted octanol–water partition coefficient (Wildman–Crippen LogP) is -1.07. The fourth-order valence-corrected chi connectivity index (χ4v) is 0.770. The summed E-state index contributed by atoms with van der Waals surface area (Å²) >= 11 is 0. The van der Waals surface area contributed by atoms with Gasteiger partial charge in [0.1, 0.15) is 5.84 Å². The molecule has 0 fully saturated rings. The molecule has 0 atom stereocenters. The highest BCUT2D eigenvalue weighted by atomic mass is 15.3. The minimum absolute atomic E-state index is 0.114. The molecule has 7 heteroatoms. The second-order valence-electron chi connectivity index (χ2n) is 2.85. The molecule has 1 heterocycles. The fourth-order valence-electron chi connectivity index (χ4n) is 0.770. The Balaban J connectivity index is 2.87. The van der Waals surface area contributed by atoms with Gasteiger partial charge in [-0.05, 0) is 6.92 Å². The molecule has 0 radical (unpaired) electrons. The van der Waals surface area contributed by atoms with Crippen molar-refractivity contribution < 1.29 is 0 Å². The summed E-state index contributed by atoms with van der Waals surface area (Å²) in [5.74, 6) is 0.733. The summed E-state index contributed by atoms with van der Waals surface area (Å²) in [6, 6.07) is 0. The Bertz CT molecular complexity index is 374. The first-order chi connectivity index (χ1) is 7.13. The number of hydrogen-bond donors (Lipinski definition) is 3. The van der Waals surface area contributed by atoms with Crippen LogP contribution in [0, 0.1) is 0 Å². The third kappa shape index (κ3) is 3.31. The minimum Gasteiger partial charge on any atom is -0.386 e. The summed E-state index contributed by atoms with van der Waals surface area (Å²) in [5.41, 5.74) is 17.1. The van der Waals surface area contributed by atoms with Crippen LogP contribution in [0.2, 0.25) is 0 Å². The van der Waals surface area contributed by atoms with Crippen LogP contribution < -0.4 is 17.2 Å². The van der Waals surface area contributed by atoms with Gasteiger partial charge in [0.05, 0.1) is 0 Å². The zero-order valence-electron chi connectivity index (χ0n) is 8.38. The van der Waals surface area contributed by atoms with Crippen molar-refractivity contribution in [2.45, 2.75) is 13.5 Å². The van der Waals surface area contributed by atoms with Gasteiger partial charge in [-0.15, -0.1) is 10.2 Å². The predicted molar refractivity (Wildman–Crippen MR) is 57.9 cm³/mol. The largest absolute Gasteiger partial charge is 0.386 e. The monoisotopic (exact) mass is 207 g/mol. The third-order valence-electron chi connectivity index (χ3n) is 1.49. The van der Waals surface area contributed by atoms with Gasteiger partial charge >= 0.3 is 0 Å². The minimum atomic E-state index is 0.114. The van der Waals surface area contributed by atoms with Crippen LogP contribution in [0.15, 0.2) is 22.6 Å². The molecule has 15 heavy (non-hydrogen) atoms. The summed E-state index contributed by atoms with van der Waals surface area (Å²) < 4.78 is 0. The van der Waals surface area contributed by atoms with E-state index < -0.39 is 0 Å². The van der Waals surface area contributed by atoms with E-state index in [0.717, 1.165) is 5.56 Å². The van der Waals surface area contributed by atoms with Gasteiger partial charge in [-0.1, -0.05) is 0 Å². The first kappa shape index (κ1) is 11.1. The van der Waals surface area contributed by atoms with Crippen LogP contribution in [-0.4, -0.2) is 21.6 Å². The molecule has 0 aliphatic carbocycles. The zero-order chi connectivity index (χ0) is 11.3.